The highest BCUT2D eigenvalue weighted by Gasteiger charge is 2.47. The summed E-state index contributed by atoms with van der Waals surface area (Å²) in [7, 11) is 1.58. The van der Waals surface area contributed by atoms with E-state index in [-0.39, 0.29) is 11.8 Å². The summed E-state index contributed by atoms with van der Waals surface area (Å²) in [6, 6.07) is 21.2. The monoisotopic (exact) mass is 376 g/mol. The zero-order valence-electron chi connectivity index (χ0n) is 16.5. The zero-order chi connectivity index (χ0) is 20.1. The highest BCUT2D eigenvalue weighted by molar-refractivity contribution is 5.83. The zero-order valence-corrected chi connectivity index (χ0v) is 16.5. The first-order valence-electron chi connectivity index (χ1n) is 9.13. The van der Waals surface area contributed by atoms with Gasteiger partial charge in [-0.2, -0.15) is 0 Å². The van der Waals surface area contributed by atoms with E-state index in [1.165, 1.54) is 6.92 Å². The van der Waals surface area contributed by atoms with E-state index in [4.69, 9.17) is 9.47 Å². The van der Waals surface area contributed by atoms with Crippen molar-refractivity contribution in [2.45, 2.75) is 32.5 Å². The van der Waals surface area contributed by atoms with Gasteiger partial charge in [0.15, 0.2) is 17.5 Å². The van der Waals surface area contributed by atoms with Gasteiger partial charge in [0.1, 0.15) is 0 Å². The molecule has 28 heavy (non-hydrogen) atoms. The SMILES string of the molecule is COC(c1ccccc1)(c1ccccc1)C(Oc1nc(C)cc(C)n1)C(C)=O. The van der Waals surface area contributed by atoms with Gasteiger partial charge in [-0.15, -0.1) is 0 Å². The maximum absolute atomic E-state index is 12.8. The number of ketones is 1. The number of methoxy groups -OCH3 is 1. The molecule has 0 bridgehead atoms. The Morgan fingerprint density at radius 3 is 1.75 bits per heavy atom. The molecule has 1 heterocycles. The minimum absolute atomic E-state index is 0.158. The van der Waals surface area contributed by atoms with Crippen molar-refractivity contribution < 1.29 is 14.3 Å². The summed E-state index contributed by atoms with van der Waals surface area (Å²) in [5, 5.41) is 0. The number of benzene rings is 2. The average molecular weight is 376 g/mol. The Morgan fingerprint density at radius 2 is 1.36 bits per heavy atom. The van der Waals surface area contributed by atoms with Gasteiger partial charge in [-0.3, -0.25) is 4.79 Å². The fourth-order valence-electron chi connectivity index (χ4n) is 3.49. The molecule has 0 saturated heterocycles. The van der Waals surface area contributed by atoms with Crippen LogP contribution in [0.1, 0.15) is 29.4 Å². The fourth-order valence-corrected chi connectivity index (χ4v) is 3.49. The van der Waals surface area contributed by atoms with Gasteiger partial charge in [-0.05, 0) is 38.0 Å². The summed E-state index contributed by atoms with van der Waals surface area (Å²) in [4.78, 5) is 21.5. The molecule has 1 aromatic heterocycles. The molecule has 3 rings (SSSR count). The molecule has 144 valence electrons. The molecule has 1 atom stereocenters. The first-order chi connectivity index (χ1) is 13.5. The highest BCUT2D eigenvalue weighted by atomic mass is 16.6. The van der Waals surface area contributed by atoms with Crippen LogP contribution in [0.4, 0.5) is 0 Å². The van der Waals surface area contributed by atoms with E-state index < -0.39 is 11.7 Å². The van der Waals surface area contributed by atoms with E-state index in [0.717, 1.165) is 22.5 Å². The Hall–Kier alpha value is -3.05. The lowest BCUT2D eigenvalue weighted by Gasteiger charge is -2.38. The summed E-state index contributed by atoms with van der Waals surface area (Å²) in [5.74, 6) is -0.183. The average Bonchev–Trinajstić information content (AvgIpc) is 2.69. The third kappa shape index (κ3) is 3.80. The molecule has 0 spiro atoms. The van der Waals surface area contributed by atoms with Crippen molar-refractivity contribution in [1.29, 1.82) is 0 Å². The van der Waals surface area contributed by atoms with Crippen molar-refractivity contribution in [3.63, 3.8) is 0 Å². The number of carbonyl (C=O) groups excluding carboxylic acids is 1. The van der Waals surface area contributed by atoms with E-state index in [1.807, 2.05) is 80.6 Å². The number of ether oxygens (including phenoxy) is 2. The molecular formula is C23H24N2O3. The molecule has 0 fully saturated rings. The van der Waals surface area contributed by atoms with Crippen LogP contribution < -0.4 is 4.74 Å². The van der Waals surface area contributed by atoms with Crippen molar-refractivity contribution in [2.75, 3.05) is 7.11 Å². The van der Waals surface area contributed by atoms with Crippen molar-refractivity contribution in [3.8, 4) is 6.01 Å². The molecule has 0 aliphatic heterocycles. The minimum atomic E-state index is -1.14. The lowest BCUT2D eigenvalue weighted by molar-refractivity contribution is -0.139. The molecule has 5 nitrogen and oxygen atoms in total. The molecular weight excluding hydrogens is 352 g/mol. The molecule has 0 saturated carbocycles. The first-order valence-corrected chi connectivity index (χ1v) is 9.13. The molecule has 0 N–H and O–H groups in total. The second-order valence-electron chi connectivity index (χ2n) is 6.71. The highest BCUT2D eigenvalue weighted by Crippen LogP contribution is 2.38. The number of hydrogen-bond donors (Lipinski definition) is 0. The van der Waals surface area contributed by atoms with E-state index in [0.29, 0.717) is 0 Å². The fraction of sp³-hybridized carbons (Fsp3) is 0.261. The normalized spacial score (nSPS) is 12.4. The van der Waals surface area contributed by atoms with Gasteiger partial charge in [0, 0.05) is 18.5 Å². The number of aryl methyl sites for hydroxylation is 2. The van der Waals surface area contributed by atoms with Crippen molar-refractivity contribution in [2.24, 2.45) is 0 Å². The molecule has 0 aliphatic rings. The van der Waals surface area contributed by atoms with Crippen molar-refractivity contribution >= 4 is 5.78 Å². The van der Waals surface area contributed by atoms with E-state index in [2.05, 4.69) is 9.97 Å². The summed E-state index contributed by atoms with van der Waals surface area (Å²) in [6.07, 6.45) is -0.969. The van der Waals surface area contributed by atoms with Crippen LogP contribution in [0.2, 0.25) is 0 Å². The Morgan fingerprint density at radius 1 is 0.893 bits per heavy atom. The number of carbonyl (C=O) groups is 1. The number of rotatable bonds is 7. The summed E-state index contributed by atoms with van der Waals surface area (Å²) >= 11 is 0. The van der Waals surface area contributed by atoms with Crippen LogP contribution in [0.5, 0.6) is 6.01 Å². The van der Waals surface area contributed by atoms with Gasteiger partial charge in [0.2, 0.25) is 0 Å². The summed E-state index contributed by atoms with van der Waals surface area (Å²) in [5.41, 5.74) is 2.02. The standard InChI is InChI=1S/C23H24N2O3/c1-16-15-17(2)25-22(24-16)28-21(18(3)26)23(27-4,19-11-7-5-8-12-19)20-13-9-6-10-14-20/h5-15,21H,1-4H3. The van der Waals surface area contributed by atoms with Crippen LogP contribution in [0.3, 0.4) is 0 Å². The third-order valence-electron chi connectivity index (χ3n) is 4.65. The maximum Gasteiger partial charge on any atom is 0.317 e. The number of Topliss-reactive ketones (excluding diaryl/α,β-unsaturated/α-hetero) is 1. The van der Waals surface area contributed by atoms with Gasteiger partial charge in [-0.25, -0.2) is 9.97 Å². The van der Waals surface area contributed by atoms with Crippen LogP contribution in [0.25, 0.3) is 0 Å². The van der Waals surface area contributed by atoms with Crippen LogP contribution >= 0.6 is 0 Å². The van der Waals surface area contributed by atoms with Crippen molar-refractivity contribution in [3.05, 3.63) is 89.2 Å². The first kappa shape index (κ1) is 19.7. The molecule has 3 aromatic rings. The predicted octanol–water partition coefficient (Wildman–Crippen LogP) is 4.02. The molecule has 0 radical (unpaired) electrons. The maximum atomic E-state index is 12.8. The Bertz CT molecular complexity index is 883. The molecule has 2 aromatic carbocycles. The number of nitrogens with zero attached hydrogens (tertiary/aromatic N) is 2. The quantitative estimate of drug-likeness (QED) is 0.623. The van der Waals surface area contributed by atoms with Crippen LogP contribution in [0.15, 0.2) is 66.7 Å². The number of aromatic nitrogens is 2. The summed E-state index contributed by atoms with van der Waals surface area (Å²) < 4.78 is 12.2. The molecule has 0 aliphatic carbocycles. The molecule has 1 unspecified atom stereocenters. The van der Waals surface area contributed by atoms with Crippen molar-refractivity contribution in [1.82, 2.24) is 9.97 Å². The lowest BCUT2D eigenvalue weighted by Crippen LogP contribution is -2.50. The van der Waals surface area contributed by atoms with E-state index >= 15 is 0 Å². The Kier molecular flexibility index (Phi) is 5.85. The second-order valence-corrected chi connectivity index (χ2v) is 6.71. The van der Waals surface area contributed by atoms with Crippen LogP contribution in [-0.2, 0) is 15.1 Å². The second kappa shape index (κ2) is 8.31. The van der Waals surface area contributed by atoms with E-state index in [1.54, 1.807) is 7.11 Å². The van der Waals surface area contributed by atoms with Gasteiger partial charge >= 0.3 is 6.01 Å². The smallest absolute Gasteiger partial charge is 0.317 e. The number of hydrogen-bond acceptors (Lipinski definition) is 5. The van der Waals surface area contributed by atoms with Gasteiger partial charge in [0.25, 0.3) is 0 Å². The Labute approximate surface area is 165 Å². The van der Waals surface area contributed by atoms with Gasteiger partial charge in [0.05, 0.1) is 0 Å². The lowest BCUT2D eigenvalue weighted by atomic mass is 9.80. The summed E-state index contributed by atoms with van der Waals surface area (Å²) in [6.45, 7) is 5.22. The minimum Gasteiger partial charge on any atom is -0.448 e. The molecule has 5 heteroatoms. The largest absolute Gasteiger partial charge is 0.448 e. The van der Waals surface area contributed by atoms with E-state index in [9.17, 15) is 4.79 Å². The van der Waals surface area contributed by atoms with Gasteiger partial charge < -0.3 is 9.47 Å². The third-order valence-corrected chi connectivity index (χ3v) is 4.65. The predicted molar refractivity (Wildman–Crippen MR) is 107 cm³/mol. The molecule has 0 amide bonds. The van der Waals surface area contributed by atoms with Gasteiger partial charge in [-0.1, -0.05) is 60.7 Å². The Balaban J connectivity index is 2.19. The topological polar surface area (TPSA) is 61.3 Å². The van der Waals surface area contributed by atoms with Crippen LogP contribution in [-0.4, -0.2) is 29.0 Å². The van der Waals surface area contributed by atoms with Crippen LogP contribution in [0, 0.1) is 13.8 Å².